The minimum absolute atomic E-state index is 0.119. The molecule has 2 aliphatic rings. The fourth-order valence-electron chi connectivity index (χ4n) is 3.87. The minimum atomic E-state index is -0.669. The molecule has 3 aromatic rings. The number of aromatic nitrogens is 1. The lowest BCUT2D eigenvalue weighted by Crippen LogP contribution is -2.29. The van der Waals surface area contributed by atoms with Crippen LogP contribution in [0.2, 0.25) is 0 Å². The first-order valence-electron chi connectivity index (χ1n) is 12.3. The van der Waals surface area contributed by atoms with E-state index in [1.807, 2.05) is 4.90 Å². The van der Waals surface area contributed by atoms with Crippen LogP contribution in [0.1, 0.15) is 60.6 Å². The van der Waals surface area contributed by atoms with Crippen LogP contribution in [0.5, 0.6) is 0 Å². The fourth-order valence-corrected chi connectivity index (χ4v) is 3.87. The molecule has 0 unspecified atom stereocenters. The lowest BCUT2D eigenvalue weighted by atomic mass is 10.0. The Morgan fingerprint density at radius 2 is 1.61 bits per heavy atom. The van der Waals surface area contributed by atoms with Crippen LogP contribution >= 0.6 is 0 Å². The first-order valence-corrected chi connectivity index (χ1v) is 12.3. The zero-order valence-electron chi connectivity index (χ0n) is 21.1. The Kier molecular flexibility index (Phi) is 9.33. The third-order valence-electron chi connectivity index (χ3n) is 6.14. The molecule has 8 heteroatoms. The van der Waals surface area contributed by atoms with Gasteiger partial charge in [-0.2, -0.15) is 0 Å². The van der Waals surface area contributed by atoms with Crippen molar-refractivity contribution in [3.05, 3.63) is 81.3 Å². The van der Waals surface area contributed by atoms with E-state index in [0.717, 1.165) is 13.1 Å². The van der Waals surface area contributed by atoms with Gasteiger partial charge >= 0.3 is 0 Å². The van der Waals surface area contributed by atoms with Crippen molar-refractivity contribution in [2.24, 2.45) is 7.05 Å². The number of pyridine rings is 1. The van der Waals surface area contributed by atoms with Gasteiger partial charge in [0.15, 0.2) is 0 Å². The van der Waals surface area contributed by atoms with Crippen molar-refractivity contribution < 1.29 is 18.4 Å². The number of rotatable bonds is 3. The maximum atomic E-state index is 14.1. The monoisotopic (exact) mass is 497 g/mol. The standard InChI is InChI=1S/C19H16F2N2O2.C6H11NO.C3H6/c1-11-16(18(24)22-10-12-5-3-6-13(20)9-12)14-7-4-8-15(21)17(14)19(25)23(11)2;1-6(8)7-4-2-3-5-7;1-2-3-1/h3-9H,10H2,1-2H3,(H,22,24);2-5H2,1H3;1-3H2. The van der Waals surface area contributed by atoms with Crippen LogP contribution in [-0.4, -0.2) is 34.4 Å². The second-order valence-electron chi connectivity index (χ2n) is 9.07. The van der Waals surface area contributed by atoms with E-state index in [2.05, 4.69) is 5.32 Å². The summed E-state index contributed by atoms with van der Waals surface area (Å²) >= 11 is 0. The largest absolute Gasteiger partial charge is 0.348 e. The van der Waals surface area contributed by atoms with Crippen molar-refractivity contribution in [1.82, 2.24) is 14.8 Å². The van der Waals surface area contributed by atoms with Crippen molar-refractivity contribution >= 4 is 22.6 Å². The Balaban J connectivity index is 0.000000269. The summed E-state index contributed by atoms with van der Waals surface area (Å²) in [6, 6.07) is 10.1. The zero-order valence-corrected chi connectivity index (χ0v) is 21.1. The van der Waals surface area contributed by atoms with Gasteiger partial charge in [0.2, 0.25) is 5.91 Å². The number of halogens is 2. The van der Waals surface area contributed by atoms with Gasteiger partial charge in [-0.1, -0.05) is 43.5 Å². The number of carbonyl (C=O) groups is 2. The van der Waals surface area contributed by atoms with Crippen molar-refractivity contribution in [1.29, 1.82) is 0 Å². The number of likely N-dealkylation sites (tertiary alicyclic amines) is 1. The number of hydrogen-bond donors (Lipinski definition) is 1. The van der Waals surface area contributed by atoms with Gasteiger partial charge in [0.1, 0.15) is 11.6 Å². The summed E-state index contributed by atoms with van der Waals surface area (Å²) in [5, 5.41) is 2.84. The fraction of sp³-hybridized carbons (Fsp3) is 0.393. The second-order valence-corrected chi connectivity index (χ2v) is 9.07. The maximum Gasteiger partial charge on any atom is 0.261 e. The number of amides is 2. The molecule has 1 N–H and O–H groups in total. The number of nitrogens with zero attached hydrogens (tertiary/aromatic N) is 2. The highest BCUT2D eigenvalue weighted by molar-refractivity contribution is 6.07. The maximum absolute atomic E-state index is 14.1. The number of nitrogens with one attached hydrogen (secondary N) is 1. The van der Waals surface area contributed by atoms with E-state index >= 15 is 0 Å². The van der Waals surface area contributed by atoms with Crippen molar-refractivity contribution in [3.8, 4) is 0 Å². The van der Waals surface area contributed by atoms with Gasteiger partial charge in [-0.15, -0.1) is 0 Å². The molecule has 2 fully saturated rings. The first kappa shape index (κ1) is 27.0. The molecule has 0 radical (unpaired) electrons. The summed E-state index contributed by atoms with van der Waals surface area (Å²) in [4.78, 5) is 37.4. The summed E-state index contributed by atoms with van der Waals surface area (Å²) in [7, 11) is 1.49. The number of fused-ring (bicyclic) bond motifs is 1. The molecule has 5 rings (SSSR count). The molecular formula is C28H33F2N3O3. The van der Waals surface area contributed by atoms with Gasteiger partial charge in [-0.25, -0.2) is 8.78 Å². The molecule has 0 bridgehead atoms. The van der Waals surface area contributed by atoms with Gasteiger partial charge in [-0.05, 0) is 43.5 Å². The van der Waals surface area contributed by atoms with Crippen LogP contribution in [0.3, 0.4) is 0 Å². The smallest absolute Gasteiger partial charge is 0.261 e. The molecule has 1 saturated heterocycles. The topological polar surface area (TPSA) is 71.4 Å². The van der Waals surface area contributed by atoms with E-state index in [0.29, 0.717) is 11.3 Å². The van der Waals surface area contributed by atoms with Gasteiger partial charge in [-0.3, -0.25) is 14.4 Å². The highest BCUT2D eigenvalue weighted by Gasteiger charge is 2.20. The molecule has 2 aromatic carbocycles. The predicted octanol–water partition coefficient (Wildman–Crippen LogP) is 4.85. The van der Waals surface area contributed by atoms with E-state index < -0.39 is 23.1 Å². The average Bonchev–Trinajstić information content (AvgIpc) is 3.63. The van der Waals surface area contributed by atoms with E-state index in [1.165, 1.54) is 68.0 Å². The van der Waals surface area contributed by atoms with Crippen LogP contribution in [0.4, 0.5) is 8.78 Å². The van der Waals surface area contributed by atoms with Gasteiger partial charge in [0.25, 0.3) is 11.5 Å². The zero-order chi connectivity index (χ0) is 26.2. The molecule has 1 aromatic heterocycles. The van der Waals surface area contributed by atoms with Crippen LogP contribution in [-0.2, 0) is 18.4 Å². The number of hydrogen-bond acceptors (Lipinski definition) is 3. The molecule has 6 nitrogen and oxygen atoms in total. The highest BCUT2D eigenvalue weighted by atomic mass is 19.1. The molecular weight excluding hydrogens is 464 g/mol. The predicted molar refractivity (Wildman–Crippen MR) is 137 cm³/mol. The lowest BCUT2D eigenvalue weighted by Gasteiger charge is -2.14. The first-order chi connectivity index (χ1) is 17.2. The summed E-state index contributed by atoms with van der Waals surface area (Å²) in [5.41, 5.74) is 0.770. The Morgan fingerprint density at radius 1 is 0.972 bits per heavy atom. The van der Waals surface area contributed by atoms with E-state index in [1.54, 1.807) is 32.0 Å². The SMILES string of the molecule is C1CC1.CC(=O)N1CCCC1.Cc1c(C(=O)NCc2cccc(F)c2)c2cccc(F)c2c(=O)n1C. The normalized spacial score (nSPS) is 13.9. The third-order valence-corrected chi connectivity index (χ3v) is 6.14. The summed E-state index contributed by atoms with van der Waals surface area (Å²) in [5.74, 6) is -1.29. The van der Waals surface area contributed by atoms with Crippen LogP contribution in [0.25, 0.3) is 10.8 Å². The van der Waals surface area contributed by atoms with Crippen molar-refractivity contribution in [2.45, 2.75) is 52.5 Å². The minimum Gasteiger partial charge on any atom is -0.348 e. The van der Waals surface area contributed by atoms with Gasteiger partial charge in [0.05, 0.1) is 10.9 Å². The average molecular weight is 498 g/mol. The molecule has 0 spiro atoms. The quantitative estimate of drug-likeness (QED) is 0.562. The third kappa shape index (κ3) is 6.99. The van der Waals surface area contributed by atoms with Crippen LogP contribution in [0, 0.1) is 18.6 Å². The molecule has 36 heavy (non-hydrogen) atoms. The second kappa shape index (κ2) is 12.4. The van der Waals surface area contributed by atoms with Crippen LogP contribution < -0.4 is 10.9 Å². The molecule has 2 amide bonds. The summed E-state index contributed by atoms with van der Waals surface area (Å²) in [6.45, 7) is 5.34. The van der Waals surface area contributed by atoms with Gasteiger partial charge < -0.3 is 14.8 Å². The lowest BCUT2D eigenvalue weighted by molar-refractivity contribution is -0.127. The van der Waals surface area contributed by atoms with Crippen LogP contribution in [0.15, 0.2) is 47.3 Å². The summed E-state index contributed by atoms with van der Waals surface area (Å²) in [6.07, 6.45) is 6.89. The van der Waals surface area contributed by atoms with Gasteiger partial charge in [0, 0.05) is 44.7 Å². The van der Waals surface area contributed by atoms with E-state index in [4.69, 9.17) is 0 Å². The van der Waals surface area contributed by atoms with Crippen molar-refractivity contribution in [3.63, 3.8) is 0 Å². The van der Waals surface area contributed by atoms with E-state index in [-0.39, 0.29) is 28.8 Å². The number of benzene rings is 2. The molecule has 0 atom stereocenters. The Hall–Kier alpha value is -3.55. The highest BCUT2D eigenvalue weighted by Crippen LogP contribution is 2.21. The molecule has 1 aliphatic heterocycles. The Morgan fingerprint density at radius 3 is 2.17 bits per heavy atom. The molecule has 192 valence electrons. The van der Waals surface area contributed by atoms with E-state index in [9.17, 15) is 23.2 Å². The molecule has 2 heterocycles. The van der Waals surface area contributed by atoms with Crippen molar-refractivity contribution in [2.75, 3.05) is 13.1 Å². The Bertz CT molecular complexity index is 1290. The molecule has 1 saturated carbocycles. The molecule has 1 aliphatic carbocycles. The Labute approximate surface area is 209 Å². The number of carbonyl (C=O) groups excluding carboxylic acids is 2. The summed E-state index contributed by atoms with van der Waals surface area (Å²) < 4.78 is 28.6.